The standard InChI is InChI=1S/C26H34N2O3/c1-25(2)13-14-26(3,4)22-17-20(11-12-21(22)25)27-23(29)18-7-9-19(10-8-18)24(30)31-16-15-28(5)6/h7-12,17H,13-16H2,1-6H3,(H,27,29). The van der Waals surface area contributed by atoms with Crippen LogP contribution >= 0.6 is 0 Å². The average Bonchev–Trinajstić information content (AvgIpc) is 2.71. The zero-order valence-electron chi connectivity index (χ0n) is 19.5. The van der Waals surface area contributed by atoms with Gasteiger partial charge in [0.05, 0.1) is 5.56 Å². The van der Waals surface area contributed by atoms with Crippen molar-refractivity contribution >= 4 is 17.6 Å². The SMILES string of the molecule is CN(C)CCOC(=O)c1ccc(C(=O)Nc2ccc3c(c2)C(C)(C)CCC3(C)C)cc1. The first kappa shape index (κ1) is 23.0. The molecule has 1 amide bonds. The van der Waals surface area contributed by atoms with Crippen LogP contribution in [-0.4, -0.2) is 44.0 Å². The van der Waals surface area contributed by atoms with Gasteiger partial charge in [0.1, 0.15) is 6.61 Å². The van der Waals surface area contributed by atoms with E-state index in [2.05, 4.69) is 45.1 Å². The molecule has 0 unspecified atom stereocenters. The summed E-state index contributed by atoms with van der Waals surface area (Å²) >= 11 is 0. The van der Waals surface area contributed by atoms with Gasteiger partial charge in [-0.2, -0.15) is 0 Å². The third-order valence-corrected chi connectivity index (χ3v) is 6.27. The monoisotopic (exact) mass is 422 g/mol. The number of carbonyl (C=O) groups excluding carboxylic acids is 2. The molecule has 2 aromatic rings. The highest BCUT2D eigenvalue weighted by Gasteiger charge is 2.37. The number of hydrogen-bond donors (Lipinski definition) is 1. The van der Waals surface area contributed by atoms with Crippen LogP contribution in [-0.2, 0) is 15.6 Å². The first-order chi connectivity index (χ1) is 14.5. The fraction of sp³-hybridized carbons (Fsp3) is 0.462. The molecule has 5 nitrogen and oxygen atoms in total. The average molecular weight is 423 g/mol. The fourth-order valence-corrected chi connectivity index (χ4v) is 4.03. The van der Waals surface area contributed by atoms with E-state index in [0.717, 1.165) is 18.5 Å². The summed E-state index contributed by atoms with van der Waals surface area (Å²) in [4.78, 5) is 26.8. The van der Waals surface area contributed by atoms with E-state index in [-0.39, 0.29) is 22.7 Å². The van der Waals surface area contributed by atoms with Gasteiger partial charge in [-0.3, -0.25) is 4.79 Å². The highest BCUT2D eigenvalue weighted by Crippen LogP contribution is 2.46. The van der Waals surface area contributed by atoms with Crippen molar-refractivity contribution in [2.24, 2.45) is 0 Å². The summed E-state index contributed by atoms with van der Waals surface area (Å²) in [5.74, 6) is -0.575. The van der Waals surface area contributed by atoms with Crippen molar-refractivity contribution < 1.29 is 14.3 Å². The molecule has 31 heavy (non-hydrogen) atoms. The van der Waals surface area contributed by atoms with Crippen LogP contribution in [0.2, 0.25) is 0 Å². The predicted molar refractivity (Wildman–Crippen MR) is 125 cm³/mol. The van der Waals surface area contributed by atoms with Gasteiger partial charge in [-0.25, -0.2) is 4.79 Å². The van der Waals surface area contributed by atoms with Gasteiger partial charge in [0.2, 0.25) is 0 Å². The lowest BCUT2D eigenvalue weighted by Crippen LogP contribution is -2.33. The molecule has 0 saturated heterocycles. The zero-order chi connectivity index (χ0) is 22.8. The maximum Gasteiger partial charge on any atom is 0.338 e. The number of nitrogens with zero attached hydrogens (tertiary/aromatic N) is 1. The Labute approximate surface area is 185 Å². The predicted octanol–water partition coefficient (Wildman–Crippen LogP) is 5.01. The van der Waals surface area contributed by atoms with Crippen molar-refractivity contribution in [3.63, 3.8) is 0 Å². The van der Waals surface area contributed by atoms with Gasteiger partial charge in [0, 0.05) is 17.8 Å². The van der Waals surface area contributed by atoms with E-state index in [9.17, 15) is 9.59 Å². The number of rotatable bonds is 6. The molecule has 0 aromatic heterocycles. The molecule has 166 valence electrons. The van der Waals surface area contributed by atoms with Gasteiger partial charge in [-0.05, 0) is 85.3 Å². The van der Waals surface area contributed by atoms with E-state index < -0.39 is 0 Å². The van der Waals surface area contributed by atoms with Crippen molar-refractivity contribution in [2.45, 2.75) is 51.4 Å². The summed E-state index contributed by atoms with van der Waals surface area (Å²) in [7, 11) is 3.84. The van der Waals surface area contributed by atoms with E-state index in [4.69, 9.17) is 4.74 Å². The van der Waals surface area contributed by atoms with E-state index in [0.29, 0.717) is 24.3 Å². The Balaban J connectivity index is 1.70. The molecule has 0 spiro atoms. The Hall–Kier alpha value is -2.66. The first-order valence-electron chi connectivity index (χ1n) is 10.9. The number of esters is 1. The van der Waals surface area contributed by atoms with Crippen molar-refractivity contribution in [3.05, 3.63) is 64.7 Å². The van der Waals surface area contributed by atoms with Crippen LogP contribution < -0.4 is 5.32 Å². The molecule has 0 atom stereocenters. The minimum atomic E-state index is -0.381. The molecule has 1 aliphatic rings. The molecule has 0 bridgehead atoms. The summed E-state index contributed by atoms with van der Waals surface area (Å²) in [5, 5.41) is 3.01. The molecule has 0 fully saturated rings. The molecule has 2 aromatic carbocycles. The van der Waals surface area contributed by atoms with Gasteiger partial charge < -0.3 is 15.0 Å². The molecule has 3 rings (SSSR count). The Morgan fingerprint density at radius 1 is 0.903 bits per heavy atom. The van der Waals surface area contributed by atoms with Gasteiger partial charge in [0.15, 0.2) is 0 Å². The lowest BCUT2D eigenvalue weighted by Gasteiger charge is -2.42. The highest BCUT2D eigenvalue weighted by atomic mass is 16.5. The van der Waals surface area contributed by atoms with E-state index >= 15 is 0 Å². The lowest BCUT2D eigenvalue weighted by molar-refractivity contribution is 0.0481. The molecule has 0 saturated carbocycles. The Morgan fingerprint density at radius 3 is 2.10 bits per heavy atom. The number of carbonyl (C=O) groups is 2. The van der Waals surface area contributed by atoms with Crippen LogP contribution in [0.15, 0.2) is 42.5 Å². The number of nitrogens with one attached hydrogen (secondary N) is 1. The fourth-order valence-electron chi connectivity index (χ4n) is 4.03. The number of amides is 1. The molecular formula is C26H34N2O3. The van der Waals surface area contributed by atoms with Gasteiger partial charge in [0.25, 0.3) is 5.91 Å². The van der Waals surface area contributed by atoms with Gasteiger partial charge in [-0.15, -0.1) is 0 Å². The second kappa shape index (κ2) is 8.83. The number of benzene rings is 2. The van der Waals surface area contributed by atoms with Crippen LogP contribution in [0.25, 0.3) is 0 Å². The maximum absolute atomic E-state index is 12.8. The summed E-state index contributed by atoms with van der Waals surface area (Å²) in [6.07, 6.45) is 2.28. The number of fused-ring (bicyclic) bond motifs is 1. The highest BCUT2D eigenvalue weighted by molar-refractivity contribution is 6.04. The van der Waals surface area contributed by atoms with Crippen LogP contribution in [0.1, 0.15) is 72.4 Å². The maximum atomic E-state index is 12.8. The van der Waals surface area contributed by atoms with Crippen molar-refractivity contribution in [1.29, 1.82) is 0 Å². The number of likely N-dealkylation sites (N-methyl/N-ethyl adjacent to an activating group) is 1. The third-order valence-electron chi connectivity index (χ3n) is 6.27. The molecule has 1 N–H and O–H groups in total. The molecule has 0 radical (unpaired) electrons. The summed E-state index contributed by atoms with van der Waals surface area (Å²) in [6, 6.07) is 12.8. The molecule has 0 aliphatic heterocycles. The van der Waals surface area contributed by atoms with Crippen LogP contribution in [0.3, 0.4) is 0 Å². The molecule has 5 heteroatoms. The van der Waals surface area contributed by atoms with E-state index in [1.54, 1.807) is 24.3 Å². The van der Waals surface area contributed by atoms with Crippen molar-refractivity contribution in [2.75, 3.05) is 32.6 Å². The van der Waals surface area contributed by atoms with Crippen molar-refractivity contribution in [3.8, 4) is 0 Å². The van der Waals surface area contributed by atoms with Crippen LogP contribution in [0.5, 0.6) is 0 Å². The number of anilines is 1. The van der Waals surface area contributed by atoms with Gasteiger partial charge >= 0.3 is 5.97 Å². The summed E-state index contributed by atoms with van der Waals surface area (Å²) in [6.45, 7) is 10.1. The molecule has 1 aliphatic carbocycles. The number of ether oxygens (including phenoxy) is 1. The normalized spacial score (nSPS) is 16.5. The smallest absolute Gasteiger partial charge is 0.338 e. The lowest BCUT2D eigenvalue weighted by atomic mass is 9.63. The minimum absolute atomic E-state index is 0.0835. The first-order valence-corrected chi connectivity index (χ1v) is 10.9. The third kappa shape index (κ3) is 5.34. The topological polar surface area (TPSA) is 58.6 Å². The van der Waals surface area contributed by atoms with Crippen LogP contribution in [0, 0.1) is 0 Å². The second-order valence-electron chi connectivity index (χ2n) is 10.00. The summed E-state index contributed by atoms with van der Waals surface area (Å²) < 4.78 is 5.24. The largest absolute Gasteiger partial charge is 0.461 e. The second-order valence-corrected chi connectivity index (χ2v) is 10.00. The Bertz CT molecular complexity index is 959. The van der Waals surface area contributed by atoms with Gasteiger partial charge in [-0.1, -0.05) is 33.8 Å². The zero-order valence-corrected chi connectivity index (χ0v) is 19.5. The Kier molecular flexibility index (Phi) is 6.56. The van der Waals surface area contributed by atoms with Crippen molar-refractivity contribution in [1.82, 2.24) is 4.90 Å². The molecule has 0 heterocycles. The number of hydrogen-bond acceptors (Lipinski definition) is 4. The summed E-state index contributed by atoms with van der Waals surface area (Å²) in [5.41, 5.74) is 4.62. The quantitative estimate of drug-likeness (QED) is 0.665. The van der Waals surface area contributed by atoms with Crippen LogP contribution in [0.4, 0.5) is 5.69 Å². The Morgan fingerprint density at radius 2 is 1.48 bits per heavy atom. The molecular weight excluding hydrogens is 388 g/mol. The van der Waals surface area contributed by atoms with E-state index in [1.807, 2.05) is 25.1 Å². The van der Waals surface area contributed by atoms with E-state index in [1.165, 1.54) is 11.1 Å². The minimum Gasteiger partial charge on any atom is -0.461 e.